The van der Waals surface area contributed by atoms with E-state index in [2.05, 4.69) is 21.7 Å². The van der Waals surface area contributed by atoms with Gasteiger partial charge in [0.1, 0.15) is 5.82 Å². The summed E-state index contributed by atoms with van der Waals surface area (Å²) in [6, 6.07) is 5.96. The maximum absolute atomic E-state index is 5.24. The highest BCUT2D eigenvalue weighted by Gasteiger charge is 2.08. The van der Waals surface area contributed by atoms with Crippen molar-refractivity contribution in [2.24, 2.45) is 4.99 Å². The minimum absolute atomic E-state index is 0.644. The second kappa shape index (κ2) is 4.57. The maximum atomic E-state index is 5.24. The van der Waals surface area contributed by atoms with Crippen LogP contribution in [0, 0.1) is 0 Å². The van der Waals surface area contributed by atoms with Crippen LogP contribution in [-0.2, 0) is 0 Å². The summed E-state index contributed by atoms with van der Waals surface area (Å²) in [5.41, 5.74) is 3.62. The predicted molar refractivity (Wildman–Crippen MR) is 77.7 cm³/mol. The number of nitrogens with one attached hydrogen (secondary N) is 1. The van der Waals surface area contributed by atoms with Gasteiger partial charge in [-0.2, -0.15) is 0 Å². The molecule has 3 aromatic rings. The van der Waals surface area contributed by atoms with Gasteiger partial charge < -0.3 is 9.40 Å². The van der Waals surface area contributed by atoms with Crippen molar-refractivity contribution in [1.29, 1.82) is 0 Å². The molecule has 0 aliphatic rings. The summed E-state index contributed by atoms with van der Waals surface area (Å²) in [6.45, 7) is 5.55. The van der Waals surface area contributed by atoms with Gasteiger partial charge in [-0.1, -0.05) is 12.2 Å². The summed E-state index contributed by atoms with van der Waals surface area (Å²) in [5, 5.41) is 0.979. The van der Waals surface area contributed by atoms with Crippen LogP contribution in [0.15, 0.2) is 46.1 Å². The van der Waals surface area contributed by atoms with Crippen LogP contribution in [0.5, 0.6) is 0 Å². The van der Waals surface area contributed by atoms with Crippen LogP contribution in [0.25, 0.3) is 28.4 Å². The number of nitrogens with zero attached hydrogens (tertiary/aromatic N) is 2. The largest absolute Gasteiger partial charge is 0.446 e. The Balaban J connectivity index is 2.12. The lowest BCUT2D eigenvalue weighted by Gasteiger charge is -1.96. The molecule has 0 unspecified atom stereocenters. The molecule has 0 fully saturated rings. The van der Waals surface area contributed by atoms with Gasteiger partial charge in [0.2, 0.25) is 5.71 Å². The van der Waals surface area contributed by atoms with E-state index in [0.717, 1.165) is 28.0 Å². The Kier molecular flexibility index (Phi) is 2.76. The Morgan fingerprint density at radius 1 is 1.42 bits per heavy atom. The third-order valence-electron chi connectivity index (χ3n) is 2.95. The molecule has 19 heavy (non-hydrogen) atoms. The van der Waals surface area contributed by atoms with Gasteiger partial charge in [-0.15, -0.1) is 0 Å². The summed E-state index contributed by atoms with van der Waals surface area (Å²) < 4.78 is 5.24. The van der Waals surface area contributed by atoms with E-state index >= 15 is 0 Å². The van der Waals surface area contributed by atoms with Gasteiger partial charge in [0.25, 0.3) is 0 Å². The van der Waals surface area contributed by atoms with Gasteiger partial charge in [-0.3, -0.25) is 0 Å². The van der Waals surface area contributed by atoms with E-state index in [1.807, 2.05) is 37.3 Å². The highest BCUT2D eigenvalue weighted by molar-refractivity contribution is 5.81. The van der Waals surface area contributed by atoms with Crippen molar-refractivity contribution >= 4 is 29.7 Å². The Morgan fingerprint density at radius 2 is 2.32 bits per heavy atom. The molecular formula is C15H13N3O. The molecule has 0 atom stereocenters. The van der Waals surface area contributed by atoms with Crippen LogP contribution in [0.1, 0.15) is 12.5 Å². The number of aromatic amines is 1. The van der Waals surface area contributed by atoms with E-state index in [1.54, 1.807) is 12.5 Å². The summed E-state index contributed by atoms with van der Waals surface area (Å²) in [5.74, 6) is 0.764. The van der Waals surface area contributed by atoms with E-state index < -0.39 is 0 Å². The number of rotatable bonds is 3. The van der Waals surface area contributed by atoms with Crippen LogP contribution in [0.4, 0.5) is 5.82 Å². The maximum Gasteiger partial charge on any atom is 0.225 e. The first-order valence-electron chi connectivity index (χ1n) is 5.98. The molecule has 4 nitrogen and oxygen atoms in total. The molecule has 1 N–H and O–H groups in total. The number of aromatic nitrogens is 2. The molecule has 94 valence electrons. The molecular weight excluding hydrogens is 238 g/mol. The van der Waals surface area contributed by atoms with Gasteiger partial charge in [-0.25, -0.2) is 9.98 Å². The highest BCUT2D eigenvalue weighted by atomic mass is 16.3. The molecule has 0 saturated carbocycles. The summed E-state index contributed by atoms with van der Waals surface area (Å²) >= 11 is 0. The third kappa shape index (κ3) is 1.97. The van der Waals surface area contributed by atoms with Crippen LogP contribution >= 0.6 is 0 Å². The number of hydrogen-bond acceptors (Lipinski definition) is 3. The van der Waals surface area contributed by atoms with Crippen LogP contribution < -0.4 is 0 Å². The van der Waals surface area contributed by atoms with E-state index in [0.29, 0.717) is 5.71 Å². The Morgan fingerprint density at radius 3 is 3.11 bits per heavy atom. The predicted octanol–water partition coefficient (Wildman–Crippen LogP) is 4.19. The fourth-order valence-electron chi connectivity index (χ4n) is 2.06. The molecule has 0 aliphatic carbocycles. The standard InChI is InChI=1S/C15H13N3O/c1-3-4-10-8-13(18-14(10)16-2)12-7-11-5-6-19-15(11)17-9-12/h3-9,18H,2H2,1H3/b4-3-. The van der Waals surface area contributed by atoms with Crippen molar-refractivity contribution in [3.05, 3.63) is 42.3 Å². The molecule has 4 heteroatoms. The van der Waals surface area contributed by atoms with Crippen molar-refractivity contribution in [3.8, 4) is 11.3 Å². The lowest BCUT2D eigenvalue weighted by atomic mass is 10.1. The summed E-state index contributed by atoms with van der Waals surface area (Å²) in [4.78, 5) is 11.5. The number of H-pyrrole nitrogens is 1. The zero-order chi connectivity index (χ0) is 13.2. The van der Waals surface area contributed by atoms with Crippen molar-refractivity contribution in [2.75, 3.05) is 0 Å². The topological polar surface area (TPSA) is 54.2 Å². The SMILES string of the molecule is C=Nc1[nH]c(-c2cnc3occc3c2)cc1/C=C\C. The first-order chi connectivity index (χ1) is 9.31. The number of pyridine rings is 1. The van der Waals surface area contributed by atoms with E-state index in [1.165, 1.54) is 0 Å². The second-order valence-electron chi connectivity index (χ2n) is 4.18. The molecule has 0 aromatic carbocycles. The minimum atomic E-state index is 0.644. The average molecular weight is 251 g/mol. The van der Waals surface area contributed by atoms with Crippen LogP contribution in [-0.4, -0.2) is 16.7 Å². The van der Waals surface area contributed by atoms with Crippen LogP contribution in [0.3, 0.4) is 0 Å². The van der Waals surface area contributed by atoms with Gasteiger partial charge in [0.15, 0.2) is 0 Å². The first kappa shape index (κ1) is 11.5. The van der Waals surface area contributed by atoms with Crippen molar-refractivity contribution < 1.29 is 4.42 Å². The molecule has 0 amide bonds. The first-order valence-corrected chi connectivity index (χ1v) is 5.98. The van der Waals surface area contributed by atoms with E-state index in [9.17, 15) is 0 Å². The van der Waals surface area contributed by atoms with Gasteiger partial charge in [0.05, 0.1) is 6.26 Å². The fraction of sp³-hybridized carbons (Fsp3) is 0.0667. The minimum Gasteiger partial charge on any atom is -0.446 e. The summed E-state index contributed by atoms with van der Waals surface area (Å²) in [7, 11) is 0. The monoisotopic (exact) mass is 251 g/mol. The lowest BCUT2D eigenvalue weighted by molar-refractivity contribution is 0.603. The number of hydrogen-bond donors (Lipinski definition) is 1. The number of fused-ring (bicyclic) bond motifs is 1. The fourth-order valence-corrected chi connectivity index (χ4v) is 2.06. The molecule has 0 spiro atoms. The van der Waals surface area contributed by atoms with Crippen molar-refractivity contribution in [1.82, 2.24) is 9.97 Å². The second-order valence-corrected chi connectivity index (χ2v) is 4.18. The van der Waals surface area contributed by atoms with E-state index in [-0.39, 0.29) is 0 Å². The Hall–Kier alpha value is -2.62. The van der Waals surface area contributed by atoms with Gasteiger partial charge in [-0.05, 0) is 31.8 Å². The molecule has 0 radical (unpaired) electrons. The normalized spacial score (nSPS) is 11.4. The van der Waals surface area contributed by atoms with Crippen molar-refractivity contribution in [3.63, 3.8) is 0 Å². The zero-order valence-electron chi connectivity index (χ0n) is 10.6. The Labute approximate surface area is 110 Å². The van der Waals surface area contributed by atoms with E-state index in [4.69, 9.17) is 4.42 Å². The zero-order valence-corrected chi connectivity index (χ0v) is 10.6. The smallest absolute Gasteiger partial charge is 0.225 e. The highest BCUT2D eigenvalue weighted by Crippen LogP contribution is 2.29. The molecule has 0 saturated heterocycles. The van der Waals surface area contributed by atoms with Gasteiger partial charge >= 0.3 is 0 Å². The molecule has 3 heterocycles. The number of allylic oxidation sites excluding steroid dienone is 1. The van der Waals surface area contributed by atoms with Crippen molar-refractivity contribution in [2.45, 2.75) is 6.92 Å². The number of furan rings is 1. The quantitative estimate of drug-likeness (QED) is 0.709. The molecule has 3 rings (SSSR count). The number of aliphatic imine (C=N–C) groups is 1. The van der Waals surface area contributed by atoms with Crippen LogP contribution in [0.2, 0.25) is 0 Å². The third-order valence-corrected chi connectivity index (χ3v) is 2.95. The van der Waals surface area contributed by atoms with Gasteiger partial charge in [0, 0.05) is 28.4 Å². The molecule has 3 aromatic heterocycles. The Bertz CT molecular complexity index is 765. The average Bonchev–Trinajstić information content (AvgIpc) is 3.04. The molecule has 0 bridgehead atoms. The molecule has 0 aliphatic heterocycles. The lowest BCUT2D eigenvalue weighted by Crippen LogP contribution is -1.79. The summed E-state index contributed by atoms with van der Waals surface area (Å²) in [6.07, 6.45) is 7.38.